The normalized spacial score (nSPS) is 23.1. The van der Waals surface area contributed by atoms with Crippen molar-refractivity contribution in [3.63, 3.8) is 0 Å². The highest BCUT2D eigenvalue weighted by atomic mass is 28.4. The van der Waals surface area contributed by atoms with Gasteiger partial charge in [0.1, 0.15) is 0 Å². The van der Waals surface area contributed by atoms with Crippen molar-refractivity contribution in [3.8, 4) is 0 Å². The molecule has 1 aliphatic heterocycles. The van der Waals surface area contributed by atoms with E-state index in [1.54, 1.807) is 0 Å². The van der Waals surface area contributed by atoms with Gasteiger partial charge < -0.3 is 15.1 Å². The molecule has 0 aromatic rings. The van der Waals surface area contributed by atoms with Gasteiger partial charge in [0.2, 0.25) is 5.91 Å². The van der Waals surface area contributed by atoms with Crippen molar-refractivity contribution < 1.29 is 9.22 Å². The van der Waals surface area contributed by atoms with Gasteiger partial charge in [0.25, 0.3) is 0 Å². The third-order valence-corrected chi connectivity index (χ3v) is 7.99. The highest BCUT2D eigenvalue weighted by Gasteiger charge is 2.37. The fourth-order valence-electron chi connectivity index (χ4n) is 1.32. The summed E-state index contributed by atoms with van der Waals surface area (Å²) in [5.41, 5.74) is 0. The van der Waals surface area contributed by atoms with Crippen LogP contribution in [0.4, 0.5) is 0 Å². The molecule has 0 saturated carbocycles. The SMILES string of the molecule is CC(C)(C)[Si](C)(C)OC[C@H]1CNCC(=O)N1. The molecule has 1 aliphatic rings. The van der Waals surface area contributed by atoms with E-state index in [9.17, 15) is 4.79 Å². The van der Waals surface area contributed by atoms with Crippen LogP contribution in [-0.2, 0) is 9.22 Å². The van der Waals surface area contributed by atoms with Crippen molar-refractivity contribution in [2.24, 2.45) is 0 Å². The van der Waals surface area contributed by atoms with Gasteiger partial charge in [-0.1, -0.05) is 20.8 Å². The van der Waals surface area contributed by atoms with Crippen LogP contribution in [0.15, 0.2) is 0 Å². The van der Waals surface area contributed by atoms with E-state index >= 15 is 0 Å². The Kier molecular flexibility index (Phi) is 4.15. The van der Waals surface area contributed by atoms with Gasteiger partial charge in [0.15, 0.2) is 8.32 Å². The molecule has 1 amide bonds. The number of carbonyl (C=O) groups excluding carboxylic acids is 1. The molecule has 1 fully saturated rings. The standard InChI is InChI=1S/C11H24N2O2Si/c1-11(2,3)16(4,5)15-8-9-6-12-7-10(14)13-9/h9,12H,6-8H2,1-5H3,(H,13,14)/t9-/m1/s1. The lowest BCUT2D eigenvalue weighted by Crippen LogP contribution is -2.55. The number of hydrogen-bond donors (Lipinski definition) is 2. The first-order valence-corrected chi connectivity index (χ1v) is 8.77. The van der Waals surface area contributed by atoms with Gasteiger partial charge in [-0.3, -0.25) is 4.79 Å². The summed E-state index contributed by atoms with van der Waals surface area (Å²) < 4.78 is 6.07. The van der Waals surface area contributed by atoms with Gasteiger partial charge in [-0.15, -0.1) is 0 Å². The minimum absolute atomic E-state index is 0.0649. The number of rotatable bonds is 3. The van der Waals surface area contributed by atoms with E-state index in [1.807, 2.05) is 0 Å². The van der Waals surface area contributed by atoms with Gasteiger partial charge in [-0.25, -0.2) is 0 Å². The second-order valence-electron chi connectivity index (χ2n) is 5.97. The predicted octanol–water partition coefficient (Wildman–Crippen LogP) is 1.10. The minimum atomic E-state index is -1.69. The highest BCUT2D eigenvalue weighted by Crippen LogP contribution is 2.36. The van der Waals surface area contributed by atoms with Crippen molar-refractivity contribution in [2.75, 3.05) is 19.7 Å². The number of amides is 1. The molecule has 0 bridgehead atoms. The fraction of sp³-hybridized carbons (Fsp3) is 0.909. The van der Waals surface area contributed by atoms with Gasteiger partial charge >= 0.3 is 0 Å². The predicted molar refractivity (Wildman–Crippen MR) is 67.9 cm³/mol. The monoisotopic (exact) mass is 244 g/mol. The van der Waals surface area contributed by atoms with Gasteiger partial charge in [-0.05, 0) is 18.1 Å². The van der Waals surface area contributed by atoms with Crippen molar-refractivity contribution >= 4 is 14.2 Å². The topological polar surface area (TPSA) is 50.4 Å². The van der Waals surface area contributed by atoms with Crippen LogP contribution in [0.2, 0.25) is 18.1 Å². The van der Waals surface area contributed by atoms with E-state index in [2.05, 4.69) is 44.5 Å². The van der Waals surface area contributed by atoms with E-state index in [0.717, 1.165) is 6.54 Å². The summed E-state index contributed by atoms with van der Waals surface area (Å²) in [6.07, 6.45) is 0. The van der Waals surface area contributed by atoms with Crippen molar-refractivity contribution in [1.29, 1.82) is 0 Å². The molecule has 0 aliphatic carbocycles. The van der Waals surface area contributed by atoms with E-state index in [4.69, 9.17) is 4.43 Å². The molecule has 0 radical (unpaired) electrons. The Balaban J connectivity index is 2.42. The second-order valence-corrected chi connectivity index (χ2v) is 10.8. The summed E-state index contributed by atoms with van der Waals surface area (Å²) in [4.78, 5) is 11.2. The first-order valence-electron chi connectivity index (χ1n) is 5.86. The third kappa shape index (κ3) is 3.57. The largest absolute Gasteiger partial charge is 0.415 e. The van der Waals surface area contributed by atoms with E-state index in [-0.39, 0.29) is 17.0 Å². The Labute approximate surface area is 99.3 Å². The van der Waals surface area contributed by atoms with Crippen LogP contribution in [0.5, 0.6) is 0 Å². The van der Waals surface area contributed by atoms with Crippen LogP contribution >= 0.6 is 0 Å². The lowest BCUT2D eigenvalue weighted by atomic mass is 10.2. The number of piperazine rings is 1. The van der Waals surface area contributed by atoms with Crippen molar-refractivity contribution in [2.45, 2.75) is 44.9 Å². The van der Waals surface area contributed by atoms with Gasteiger partial charge in [0, 0.05) is 6.54 Å². The molecule has 1 heterocycles. The first-order chi connectivity index (χ1) is 7.22. The quantitative estimate of drug-likeness (QED) is 0.731. The summed E-state index contributed by atoms with van der Waals surface area (Å²) in [7, 11) is -1.69. The molecule has 1 atom stereocenters. The Bertz CT molecular complexity index is 261. The molecular weight excluding hydrogens is 220 g/mol. The number of nitrogens with one attached hydrogen (secondary N) is 2. The Hall–Kier alpha value is -0.393. The zero-order valence-corrected chi connectivity index (χ0v) is 12.0. The molecule has 0 aromatic heterocycles. The number of hydrogen-bond acceptors (Lipinski definition) is 3. The maximum Gasteiger partial charge on any atom is 0.234 e. The van der Waals surface area contributed by atoms with E-state index in [0.29, 0.717) is 13.2 Å². The molecule has 94 valence electrons. The molecule has 0 aromatic carbocycles. The molecule has 1 rings (SSSR count). The maximum absolute atomic E-state index is 11.2. The zero-order chi connectivity index (χ0) is 12.4. The van der Waals surface area contributed by atoms with Gasteiger partial charge in [0.05, 0.1) is 19.2 Å². The molecule has 0 spiro atoms. The van der Waals surface area contributed by atoms with Crippen LogP contribution in [-0.4, -0.2) is 40.0 Å². The summed E-state index contributed by atoms with van der Waals surface area (Å²) >= 11 is 0. The first kappa shape index (κ1) is 13.7. The third-order valence-electron chi connectivity index (χ3n) is 3.49. The molecule has 2 N–H and O–H groups in total. The molecule has 5 heteroatoms. The molecule has 1 saturated heterocycles. The molecular formula is C11H24N2O2Si. The summed E-state index contributed by atoms with van der Waals surface area (Å²) in [6, 6.07) is 0.121. The van der Waals surface area contributed by atoms with Crippen LogP contribution in [0.3, 0.4) is 0 Å². The Morgan fingerprint density at radius 3 is 2.56 bits per heavy atom. The average molecular weight is 244 g/mol. The van der Waals surface area contributed by atoms with Crippen LogP contribution in [0.25, 0.3) is 0 Å². The highest BCUT2D eigenvalue weighted by molar-refractivity contribution is 6.74. The molecule has 4 nitrogen and oxygen atoms in total. The Morgan fingerprint density at radius 2 is 2.06 bits per heavy atom. The summed E-state index contributed by atoms with van der Waals surface area (Å²) in [6.45, 7) is 13.0. The minimum Gasteiger partial charge on any atom is -0.415 e. The zero-order valence-electron chi connectivity index (χ0n) is 11.0. The van der Waals surface area contributed by atoms with Crippen LogP contribution < -0.4 is 10.6 Å². The van der Waals surface area contributed by atoms with E-state index in [1.165, 1.54) is 0 Å². The lowest BCUT2D eigenvalue weighted by molar-refractivity contribution is -0.122. The van der Waals surface area contributed by atoms with Crippen molar-refractivity contribution in [1.82, 2.24) is 10.6 Å². The Morgan fingerprint density at radius 1 is 1.44 bits per heavy atom. The maximum atomic E-state index is 11.2. The smallest absolute Gasteiger partial charge is 0.234 e. The van der Waals surface area contributed by atoms with E-state index < -0.39 is 8.32 Å². The number of carbonyl (C=O) groups is 1. The summed E-state index contributed by atoms with van der Waals surface area (Å²) in [5, 5.41) is 6.24. The van der Waals surface area contributed by atoms with Gasteiger partial charge in [-0.2, -0.15) is 0 Å². The average Bonchev–Trinajstić information content (AvgIpc) is 2.13. The fourth-order valence-corrected chi connectivity index (χ4v) is 2.37. The molecule has 0 unspecified atom stereocenters. The van der Waals surface area contributed by atoms with Crippen LogP contribution in [0.1, 0.15) is 20.8 Å². The van der Waals surface area contributed by atoms with Crippen LogP contribution in [0, 0.1) is 0 Å². The second kappa shape index (κ2) is 4.85. The summed E-state index contributed by atoms with van der Waals surface area (Å²) in [5.74, 6) is 0.0649. The lowest BCUT2D eigenvalue weighted by Gasteiger charge is -2.37. The van der Waals surface area contributed by atoms with Crippen molar-refractivity contribution in [3.05, 3.63) is 0 Å². The molecule has 16 heavy (non-hydrogen) atoms.